The number of nitrogens with zero attached hydrogens (tertiary/aromatic N) is 2. The molecule has 0 spiro atoms. The van der Waals surface area contributed by atoms with Crippen LogP contribution in [0.5, 0.6) is 0 Å². The maximum Gasteiger partial charge on any atom is 0.407 e. The Balaban J connectivity index is 1.07. The van der Waals surface area contributed by atoms with Crippen LogP contribution >= 0.6 is 0 Å². The van der Waals surface area contributed by atoms with E-state index in [9.17, 15) is 9.59 Å². The van der Waals surface area contributed by atoms with Crippen LogP contribution in [0.25, 0.3) is 0 Å². The second-order valence-electron chi connectivity index (χ2n) is 13.5. The SMILES string of the molecule is CCCCOCC(CN1CC1C)OC(=O)NC1CCC(CC2CCC(NC(=O)OC(COC)CN3CC3C)CC2)CC1. The molecule has 4 fully saturated rings. The molecule has 242 valence electrons. The summed E-state index contributed by atoms with van der Waals surface area (Å²) in [5, 5.41) is 6.25. The molecule has 2 saturated carbocycles. The van der Waals surface area contributed by atoms with Crippen LogP contribution in [0.2, 0.25) is 0 Å². The highest BCUT2D eigenvalue weighted by Crippen LogP contribution is 2.35. The molecule has 42 heavy (non-hydrogen) atoms. The van der Waals surface area contributed by atoms with Crippen molar-refractivity contribution in [1.82, 2.24) is 20.4 Å². The fourth-order valence-electron chi connectivity index (χ4n) is 6.77. The van der Waals surface area contributed by atoms with Gasteiger partial charge in [-0.15, -0.1) is 0 Å². The lowest BCUT2D eigenvalue weighted by atomic mass is 9.76. The highest BCUT2D eigenvalue weighted by molar-refractivity contribution is 5.68. The van der Waals surface area contributed by atoms with Gasteiger partial charge in [-0.25, -0.2) is 9.59 Å². The van der Waals surface area contributed by atoms with Crippen LogP contribution in [0.4, 0.5) is 9.59 Å². The minimum atomic E-state index is -0.311. The van der Waals surface area contributed by atoms with Crippen LogP contribution in [0.1, 0.15) is 91.4 Å². The molecule has 2 saturated heterocycles. The number of carbonyl (C=O) groups is 2. The molecule has 0 aromatic rings. The van der Waals surface area contributed by atoms with E-state index < -0.39 is 0 Å². The Labute approximate surface area is 253 Å². The van der Waals surface area contributed by atoms with Crippen molar-refractivity contribution >= 4 is 12.2 Å². The normalized spacial score (nSPS) is 33.7. The second-order valence-corrected chi connectivity index (χ2v) is 13.5. The number of ether oxygens (including phenoxy) is 4. The first-order valence-electron chi connectivity index (χ1n) is 16.8. The van der Waals surface area contributed by atoms with Gasteiger partial charge >= 0.3 is 12.2 Å². The number of methoxy groups -OCH3 is 1. The Morgan fingerprint density at radius 3 is 1.62 bits per heavy atom. The number of hydrogen-bond donors (Lipinski definition) is 2. The third-order valence-electron chi connectivity index (χ3n) is 9.70. The van der Waals surface area contributed by atoms with Crippen molar-refractivity contribution in [2.24, 2.45) is 11.8 Å². The average Bonchev–Trinajstić information content (AvgIpc) is 3.86. The summed E-state index contributed by atoms with van der Waals surface area (Å²) in [6.45, 7) is 11.8. The molecule has 0 bridgehead atoms. The molecule has 2 N–H and O–H groups in total. The quantitative estimate of drug-likeness (QED) is 0.187. The predicted octanol–water partition coefficient (Wildman–Crippen LogP) is 4.56. The Kier molecular flexibility index (Phi) is 13.5. The zero-order valence-corrected chi connectivity index (χ0v) is 26.7. The van der Waals surface area contributed by atoms with Crippen LogP contribution in [0, 0.1) is 11.8 Å². The van der Waals surface area contributed by atoms with Gasteiger partial charge in [-0.1, -0.05) is 13.3 Å². The number of amides is 2. The molecule has 4 rings (SSSR count). The lowest BCUT2D eigenvalue weighted by Crippen LogP contribution is -2.42. The maximum absolute atomic E-state index is 12.7. The Morgan fingerprint density at radius 1 is 0.762 bits per heavy atom. The van der Waals surface area contributed by atoms with Crippen molar-refractivity contribution in [3.05, 3.63) is 0 Å². The number of rotatable bonds is 17. The number of carbonyl (C=O) groups excluding carboxylic acids is 2. The van der Waals surface area contributed by atoms with Gasteiger partial charge in [0.15, 0.2) is 0 Å². The van der Waals surface area contributed by atoms with Crippen molar-refractivity contribution in [2.75, 3.05) is 53.1 Å². The van der Waals surface area contributed by atoms with Gasteiger partial charge in [0, 0.05) is 64.1 Å². The van der Waals surface area contributed by atoms with Crippen LogP contribution < -0.4 is 10.6 Å². The topological polar surface area (TPSA) is 101 Å². The Hall–Kier alpha value is -1.62. The van der Waals surface area contributed by atoms with E-state index in [0.29, 0.717) is 25.3 Å². The van der Waals surface area contributed by atoms with Gasteiger partial charge in [-0.2, -0.15) is 0 Å². The Morgan fingerprint density at radius 2 is 1.21 bits per heavy atom. The van der Waals surface area contributed by atoms with Gasteiger partial charge in [0.25, 0.3) is 0 Å². The number of hydrogen-bond acceptors (Lipinski definition) is 8. The molecule has 2 amide bonds. The largest absolute Gasteiger partial charge is 0.442 e. The predicted molar refractivity (Wildman–Crippen MR) is 163 cm³/mol. The van der Waals surface area contributed by atoms with E-state index in [4.69, 9.17) is 18.9 Å². The molecule has 10 nitrogen and oxygen atoms in total. The highest BCUT2D eigenvalue weighted by atomic mass is 16.6. The van der Waals surface area contributed by atoms with Crippen LogP contribution in [-0.4, -0.2) is 111 Å². The minimum Gasteiger partial charge on any atom is -0.442 e. The van der Waals surface area contributed by atoms with Gasteiger partial charge in [0.2, 0.25) is 0 Å². The third kappa shape index (κ3) is 11.8. The van der Waals surface area contributed by atoms with Crippen molar-refractivity contribution < 1.29 is 28.5 Å². The molecular weight excluding hydrogens is 536 g/mol. The maximum atomic E-state index is 12.7. The van der Waals surface area contributed by atoms with Crippen molar-refractivity contribution in [2.45, 2.75) is 128 Å². The van der Waals surface area contributed by atoms with Crippen molar-refractivity contribution in [3.63, 3.8) is 0 Å². The summed E-state index contributed by atoms with van der Waals surface area (Å²) >= 11 is 0. The monoisotopic (exact) mass is 594 g/mol. The number of nitrogens with one attached hydrogen (secondary N) is 2. The summed E-state index contributed by atoms with van der Waals surface area (Å²) in [5.41, 5.74) is 0. The first-order valence-corrected chi connectivity index (χ1v) is 16.8. The molecule has 10 heteroatoms. The smallest absolute Gasteiger partial charge is 0.407 e. The average molecular weight is 595 g/mol. The first kappa shape index (κ1) is 33.3. The summed E-state index contributed by atoms with van der Waals surface area (Å²) in [5.74, 6) is 1.44. The fourth-order valence-corrected chi connectivity index (χ4v) is 6.77. The van der Waals surface area contributed by atoms with E-state index in [-0.39, 0.29) is 36.5 Å². The molecule has 0 radical (unpaired) electrons. The second kappa shape index (κ2) is 17.0. The van der Waals surface area contributed by atoms with Gasteiger partial charge < -0.3 is 29.6 Å². The van der Waals surface area contributed by atoms with Gasteiger partial charge in [-0.3, -0.25) is 9.80 Å². The fraction of sp³-hybridized carbons (Fsp3) is 0.938. The van der Waals surface area contributed by atoms with E-state index in [1.807, 2.05) is 0 Å². The Bertz CT molecular complexity index is 817. The van der Waals surface area contributed by atoms with E-state index in [1.165, 1.54) is 6.42 Å². The number of unbranched alkanes of at least 4 members (excludes halogenated alkanes) is 1. The van der Waals surface area contributed by atoms with Crippen LogP contribution in [0.3, 0.4) is 0 Å². The minimum absolute atomic E-state index is 0.198. The third-order valence-corrected chi connectivity index (χ3v) is 9.70. The first-order chi connectivity index (χ1) is 20.3. The van der Waals surface area contributed by atoms with Gasteiger partial charge in [0.05, 0.1) is 13.2 Å². The zero-order chi connectivity index (χ0) is 29.9. The van der Waals surface area contributed by atoms with Crippen molar-refractivity contribution in [3.8, 4) is 0 Å². The summed E-state index contributed by atoms with van der Waals surface area (Å²) in [6, 6.07) is 1.55. The molecule has 0 aromatic heterocycles. The van der Waals surface area contributed by atoms with Gasteiger partial charge in [0.1, 0.15) is 12.2 Å². The van der Waals surface area contributed by atoms with Crippen LogP contribution in [0.15, 0.2) is 0 Å². The molecule has 0 aromatic carbocycles. The van der Waals surface area contributed by atoms with Gasteiger partial charge in [-0.05, 0) is 89.9 Å². The highest BCUT2D eigenvalue weighted by Gasteiger charge is 2.34. The van der Waals surface area contributed by atoms with E-state index in [1.54, 1.807) is 7.11 Å². The summed E-state index contributed by atoms with van der Waals surface area (Å²) in [7, 11) is 1.65. The van der Waals surface area contributed by atoms with E-state index >= 15 is 0 Å². The standard InChI is InChI=1S/C32H58N4O6/c1-5-6-15-40-22-30(20-36-18-24(36)3)42-32(38)34-28-13-9-26(10-14-28)16-25-7-11-27(12-8-25)33-31(37)41-29(21-39-4)19-35-17-23(35)2/h23-30H,5-22H2,1-4H3,(H,33,37)(H,34,38). The molecule has 6 unspecified atom stereocenters. The van der Waals surface area contributed by atoms with E-state index in [0.717, 1.165) is 109 Å². The summed E-state index contributed by atoms with van der Waals surface area (Å²) in [4.78, 5) is 29.8. The van der Waals surface area contributed by atoms with Crippen molar-refractivity contribution in [1.29, 1.82) is 0 Å². The molecule has 2 heterocycles. The van der Waals surface area contributed by atoms with E-state index in [2.05, 4.69) is 41.2 Å². The molecule has 2 aliphatic carbocycles. The van der Waals surface area contributed by atoms with Crippen LogP contribution in [-0.2, 0) is 18.9 Å². The molecular formula is C32H58N4O6. The number of alkyl carbamates (subject to hydrolysis) is 2. The summed E-state index contributed by atoms with van der Waals surface area (Å²) in [6.07, 6.45) is 11.0. The zero-order valence-electron chi connectivity index (χ0n) is 26.7. The molecule has 2 aliphatic heterocycles. The lowest BCUT2D eigenvalue weighted by molar-refractivity contribution is 0.0108. The molecule has 4 aliphatic rings. The summed E-state index contributed by atoms with van der Waals surface area (Å²) < 4.78 is 22.5. The lowest BCUT2D eigenvalue weighted by Gasteiger charge is -2.34. The molecule has 6 atom stereocenters.